The Morgan fingerprint density at radius 1 is 0.583 bits per heavy atom. The van der Waals surface area contributed by atoms with Crippen molar-refractivity contribution in [2.45, 2.75) is 115 Å². The van der Waals surface area contributed by atoms with Crippen molar-refractivity contribution in [3.8, 4) is 46.0 Å². The summed E-state index contributed by atoms with van der Waals surface area (Å²) in [4.78, 5) is 57.9. The molecule has 0 radical (unpaired) electrons. The van der Waals surface area contributed by atoms with Crippen LogP contribution >= 0.6 is 0 Å². The number of hydrogen-bond donors (Lipinski definition) is 0. The van der Waals surface area contributed by atoms with Gasteiger partial charge in [0.25, 0.3) is 11.1 Å². The van der Waals surface area contributed by atoms with E-state index in [0.29, 0.717) is 68.3 Å². The molecule has 360 valence electrons. The van der Waals surface area contributed by atoms with Gasteiger partial charge >= 0.3 is 0 Å². The summed E-state index contributed by atoms with van der Waals surface area (Å²) < 4.78 is 11.3. The first kappa shape index (κ1) is 43.7. The van der Waals surface area contributed by atoms with Crippen LogP contribution in [0.15, 0.2) is 115 Å². The number of imidazole rings is 2. The van der Waals surface area contributed by atoms with Crippen LogP contribution in [0.25, 0.3) is 67.9 Å². The fourth-order valence-corrected chi connectivity index (χ4v) is 10.8. The zero-order valence-corrected chi connectivity index (χ0v) is 40.5. The van der Waals surface area contributed by atoms with Gasteiger partial charge in [0.2, 0.25) is 0 Å². The smallest absolute Gasteiger partial charge is 0.267 e. The van der Waals surface area contributed by atoms with Gasteiger partial charge in [-0.25, -0.2) is 29.9 Å². The van der Waals surface area contributed by atoms with E-state index >= 15 is 0 Å². The molecule has 8 aromatic heterocycles. The molecule has 0 N–H and O–H groups in total. The van der Waals surface area contributed by atoms with Gasteiger partial charge in [-0.2, -0.15) is 0 Å². The van der Waals surface area contributed by atoms with Crippen molar-refractivity contribution in [1.29, 1.82) is 0 Å². The lowest BCUT2D eigenvalue weighted by atomic mass is 9.97. The van der Waals surface area contributed by atoms with E-state index < -0.39 is 0 Å². The van der Waals surface area contributed by atoms with E-state index in [1.54, 1.807) is 35.9 Å². The van der Waals surface area contributed by atoms with Gasteiger partial charge in [0.15, 0.2) is 11.6 Å². The largest absolute Gasteiger partial charge is 0.309 e. The van der Waals surface area contributed by atoms with Crippen LogP contribution in [0.3, 0.4) is 0 Å². The summed E-state index contributed by atoms with van der Waals surface area (Å²) >= 11 is 0. The Morgan fingerprint density at radius 2 is 1.17 bits per heavy atom. The monoisotopic (exact) mass is 956 g/mol. The molecule has 18 heteroatoms. The second kappa shape index (κ2) is 17.2. The summed E-state index contributed by atoms with van der Waals surface area (Å²) in [6.07, 6.45) is 23.4. The van der Waals surface area contributed by atoms with Crippen molar-refractivity contribution in [3.63, 3.8) is 0 Å². The molecule has 0 amide bonds. The molecule has 72 heavy (non-hydrogen) atoms. The molecule has 18 nitrogen and oxygen atoms in total. The van der Waals surface area contributed by atoms with Crippen LogP contribution in [0.1, 0.15) is 130 Å². The standard InChI is InChI=1S/C54H52N16O2/c1-5-37(6-2)67-29-59-64-52(67)44-19-36(20-50(62-44)70-28-58-43-17-32(4)48(22-40(43)54(70)72)66-24-46(56-26-66)34-12-13-34)35-14-15-38(18-35)68-30-60-63-51(68)41-8-7-9-49(61-41)69-27-57-42-16-31(3)47(21-39(42)53(69)71)65-23-45(55-25-65)33-10-11-33/h7-9,16-17,19-30,33-35,37-38H,5-6,10-15,18H2,1-4H3. The number of hydrogen-bond acceptors (Lipinski definition) is 12. The van der Waals surface area contributed by atoms with Crippen LogP contribution in [0.4, 0.5) is 0 Å². The zero-order chi connectivity index (χ0) is 48.8. The average Bonchev–Trinajstić information content (AvgIpc) is 3.96. The van der Waals surface area contributed by atoms with Crippen molar-refractivity contribution in [2.75, 3.05) is 0 Å². The molecule has 10 aromatic rings. The van der Waals surface area contributed by atoms with Gasteiger partial charge in [0.1, 0.15) is 48.3 Å². The lowest BCUT2D eigenvalue weighted by Gasteiger charge is -2.19. The second-order valence-corrected chi connectivity index (χ2v) is 19.9. The molecule has 2 aromatic carbocycles. The van der Waals surface area contributed by atoms with Crippen LogP contribution in [0.5, 0.6) is 0 Å². The molecule has 3 fully saturated rings. The summed E-state index contributed by atoms with van der Waals surface area (Å²) in [6.45, 7) is 8.38. The van der Waals surface area contributed by atoms with Gasteiger partial charge in [0.05, 0.1) is 57.2 Å². The lowest BCUT2D eigenvalue weighted by molar-refractivity contribution is 0.474. The molecule has 0 bridgehead atoms. The number of pyridine rings is 2. The Morgan fingerprint density at radius 3 is 1.79 bits per heavy atom. The highest BCUT2D eigenvalue weighted by molar-refractivity contribution is 5.82. The van der Waals surface area contributed by atoms with Crippen LogP contribution in [-0.2, 0) is 0 Å². The first-order valence-corrected chi connectivity index (χ1v) is 25.1. The Hall–Kier alpha value is -8.28. The topological polar surface area (TPSA) is 193 Å². The maximum absolute atomic E-state index is 14.7. The molecule has 0 spiro atoms. The molecule has 3 saturated carbocycles. The third kappa shape index (κ3) is 7.63. The minimum atomic E-state index is -0.221. The SMILES string of the molecule is CCC(CC)n1cnnc1-c1cc(C2CCC(n3cnnc3-c3cccc(-n4cnc5cc(C)c(-n6cnc(C7CC7)c6)cc5c4=O)n3)C2)cc(-n2cnc3cc(C)c(-n4cnc(C5CC5)c4)cc3c2=O)n1. The molecule has 2 unspecified atom stereocenters. The fraction of sp³-hybridized carbons (Fsp3) is 0.333. The Balaban J connectivity index is 0.830. The van der Waals surface area contributed by atoms with Gasteiger partial charge in [0, 0.05) is 36.3 Å². The van der Waals surface area contributed by atoms with Crippen LogP contribution in [-0.4, -0.2) is 77.7 Å². The van der Waals surface area contributed by atoms with E-state index in [1.807, 2.05) is 78.1 Å². The summed E-state index contributed by atoms with van der Waals surface area (Å²) in [5, 5.41) is 18.9. The predicted octanol–water partition coefficient (Wildman–Crippen LogP) is 9.00. The number of nitrogens with zero attached hydrogens (tertiary/aromatic N) is 16. The Bertz CT molecular complexity index is 3860. The maximum atomic E-state index is 14.7. The molecule has 2 atom stereocenters. The van der Waals surface area contributed by atoms with E-state index in [0.717, 1.165) is 97.2 Å². The number of aryl methyl sites for hydroxylation is 2. The first-order chi connectivity index (χ1) is 35.2. The molecular weight excluding hydrogens is 905 g/mol. The third-order valence-corrected chi connectivity index (χ3v) is 15.2. The highest BCUT2D eigenvalue weighted by atomic mass is 16.1. The highest BCUT2D eigenvalue weighted by Gasteiger charge is 2.32. The van der Waals surface area contributed by atoms with E-state index in [1.165, 1.54) is 4.57 Å². The minimum Gasteiger partial charge on any atom is -0.309 e. The van der Waals surface area contributed by atoms with E-state index in [2.05, 4.69) is 71.8 Å². The Labute approximate surface area is 413 Å². The van der Waals surface area contributed by atoms with Crippen molar-refractivity contribution < 1.29 is 0 Å². The normalized spacial score (nSPS) is 17.0. The van der Waals surface area contributed by atoms with Crippen molar-refractivity contribution in [1.82, 2.24) is 77.7 Å². The minimum absolute atomic E-state index is 0.0318. The third-order valence-electron chi connectivity index (χ3n) is 15.2. The maximum Gasteiger partial charge on any atom is 0.267 e. The van der Waals surface area contributed by atoms with Crippen LogP contribution in [0, 0.1) is 13.8 Å². The zero-order valence-electron chi connectivity index (χ0n) is 40.5. The summed E-state index contributed by atoms with van der Waals surface area (Å²) in [6, 6.07) is 17.7. The molecule has 8 heterocycles. The van der Waals surface area contributed by atoms with E-state index in [-0.39, 0.29) is 29.1 Å². The number of benzene rings is 2. The summed E-state index contributed by atoms with van der Waals surface area (Å²) in [5.74, 6) is 3.27. The lowest BCUT2D eigenvalue weighted by Crippen LogP contribution is -2.21. The number of aromatic nitrogens is 16. The van der Waals surface area contributed by atoms with Gasteiger partial charge in [-0.05, 0) is 143 Å². The second-order valence-electron chi connectivity index (χ2n) is 19.9. The van der Waals surface area contributed by atoms with Gasteiger partial charge in [-0.15, -0.1) is 20.4 Å². The molecule has 3 aliphatic carbocycles. The van der Waals surface area contributed by atoms with E-state index in [9.17, 15) is 9.59 Å². The van der Waals surface area contributed by atoms with Crippen molar-refractivity contribution in [3.05, 3.63) is 154 Å². The van der Waals surface area contributed by atoms with Gasteiger partial charge < -0.3 is 18.3 Å². The van der Waals surface area contributed by atoms with Gasteiger partial charge in [-0.1, -0.05) is 19.9 Å². The molecule has 3 aliphatic rings. The molecule has 0 saturated heterocycles. The van der Waals surface area contributed by atoms with Crippen molar-refractivity contribution in [2.24, 2.45) is 0 Å². The molecule has 0 aliphatic heterocycles. The van der Waals surface area contributed by atoms with Crippen molar-refractivity contribution >= 4 is 21.8 Å². The van der Waals surface area contributed by atoms with Crippen LogP contribution < -0.4 is 11.1 Å². The first-order valence-electron chi connectivity index (χ1n) is 25.1. The average molecular weight is 957 g/mol. The fourth-order valence-electron chi connectivity index (χ4n) is 10.8. The highest BCUT2D eigenvalue weighted by Crippen LogP contribution is 2.44. The van der Waals surface area contributed by atoms with Crippen LogP contribution in [0.2, 0.25) is 0 Å². The van der Waals surface area contributed by atoms with E-state index in [4.69, 9.17) is 19.9 Å². The number of rotatable bonds is 13. The van der Waals surface area contributed by atoms with Gasteiger partial charge in [-0.3, -0.25) is 18.7 Å². The number of fused-ring (bicyclic) bond motifs is 2. The molecule has 13 rings (SSSR count). The summed E-state index contributed by atoms with van der Waals surface area (Å²) in [7, 11) is 0. The predicted molar refractivity (Wildman–Crippen MR) is 271 cm³/mol. The molecular formula is C54H52N16O2. The Kier molecular flexibility index (Phi) is 10.5. The summed E-state index contributed by atoms with van der Waals surface area (Å²) in [5.41, 5.74) is 9.01. The quantitative estimate of drug-likeness (QED) is 0.107.